The molecule has 2 aromatic rings. The van der Waals surface area contributed by atoms with Gasteiger partial charge in [-0.2, -0.15) is 0 Å². The van der Waals surface area contributed by atoms with Crippen LogP contribution in [-0.2, 0) is 4.79 Å². The van der Waals surface area contributed by atoms with E-state index in [2.05, 4.69) is 19.9 Å². The molecule has 2 aromatic heterocycles. The Bertz CT molecular complexity index is 882. The molecule has 0 radical (unpaired) electrons. The van der Waals surface area contributed by atoms with Crippen LogP contribution in [0.2, 0.25) is 0 Å². The maximum Gasteiger partial charge on any atom is 0.320 e. The van der Waals surface area contributed by atoms with E-state index in [9.17, 15) is 9.59 Å². The number of hydrogen-bond donors (Lipinski definition) is 2. The van der Waals surface area contributed by atoms with Crippen molar-refractivity contribution in [3.63, 3.8) is 0 Å². The molecule has 2 fully saturated rings. The Kier molecular flexibility index (Phi) is 4.82. The number of anilines is 1. The maximum absolute atomic E-state index is 13.1. The van der Waals surface area contributed by atoms with Gasteiger partial charge < -0.3 is 25.4 Å². The van der Waals surface area contributed by atoms with Gasteiger partial charge in [0.25, 0.3) is 0 Å². The van der Waals surface area contributed by atoms with E-state index >= 15 is 0 Å². The van der Waals surface area contributed by atoms with Crippen molar-refractivity contribution in [3.05, 3.63) is 18.6 Å². The Labute approximate surface area is 163 Å². The standard InChI is InChI=1S/C19H27N7O2/c1-12(16(20)27)15-4-3-8-26(15)19(28)24(2)13-6-9-25(10-13)18-14-5-7-21-17(14)22-11-23-18/h5,7,11-13,15H,3-4,6,8-10H2,1-2H3,(H2,20,27)(H,21,22,23). The summed E-state index contributed by atoms with van der Waals surface area (Å²) >= 11 is 0. The third kappa shape index (κ3) is 3.14. The van der Waals surface area contributed by atoms with Gasteiger partial charge >= 0.3 is 6.03 Å². The van der Waals surface area contributed by atoms with Crippen LogP contribution in [0.25, 0.3) is 11.0 Å². The van der Waals surface area contributed by atoms with Crippen molar-refractivity contribution in [2.75, 3.05) is 31.6 Å². The van der Waals surface area contributed by atoms with Gasteiger partial charge in [-0.3, -0.25) is 4.79 Å². The number of rotatable bonds is 4. The first-order valence-electron chi connectivity index (χ1n) is 9.83. The molecule has 3 unspecified atom stereocenters. The highest BCUT2D eigenvalue weighted by molar-refractivity contribution is 5.87. The molecule has 0 bridgehead atoms. The van der Waals surface area contributed by atoms with Gasteiger partial charge in [0.05, 0.1) is 17.3 Å². The summed E-state index contributed by atoms with van der Waals surface area (Å²) in [4.78, 5) is 42.4. The molecule has 9 nitrogen and oxygen atoms in total. The van der Waals surface area contributed by atoms with Crippen LogP contribution in [0.4, 0.5) is 10.6 Å². The van der Waals surface area contributed by atoms with Crippen LogP contribution < -0.4 is 10.6 Å². The van der Waals surface area contributed by atoms with Crippen molar-refractivity contribution < 1.29 is 9.59 Å². The first-order chi connectivity index (χ1) is 13.5. The molecule has 2 aliphatic rings. The molecule has 4 rings (SSSR count). The number of H-pyrrole nitrogens is 1. The zero-order valence-corrected chi connectivity index (χ0v) is 16.3. The molecule has 28 heavy (non-hydrogen) atoms. The number of nitrogens with zero attached hydrogens (tertiary/aromatic N) is 5. The Morgan fingerprint density at radius 3 is 2.93 bits per heavy atom. The lowest BCUT2D eigenvalue weighted by atomic mass is 9.99. The lowest BCUT2D eigenvalue weighted by molar-refractivity contribution is -0.122. The van der Waals surface area contributed by atoms with E-state index in [1.54, 1.807) is 6.33 Å². The van der Waals surface area contributed by atoms with Gasteiger partial charge in [0, 0.05) is 38.9 Å². The van der Waals surface area contributed by atoms with E-state index in [1.807, 2.05) is 36.0 Å². The number of fused-ring (bicyclic) bond motifs is 1. The molecular weight excluding hydrogens is 358 g/mol. The molecule has 2 saturated heterocycles. The summed E-state index contributed by atoms with van der Waals surface area (Å²) in [7, 11) is 1.85. The largest absolute Gasteiger partial charge is 0.369 e. The Hall–Kier alpha value is -2.84. The Balaban J connectivity index is 1.46. The fourth-order valence-electron chi connectivity index (χ4n) is 4.46. The van der Waals surface area contributed by atoms with E-state index in [4.69, 9.17) is 5.73 Å². The summed E-state index contributed by atoms with van der Waals surface area (Å²) in [6.07, 6.45) is 6.04. The van der Waals surface area contributed by atoms with Crippen molar-refractivity contribution in [2.45, 2.75) is 38.3 Å². The molecule has 0 aromatic carbocycles. The average Bonchev–Trinajstić information content (AvgIpc) is 3.45. The first kappa shape index (κ1) is 18.5. The van der Waals surface area contributed by atoms with Crippen LogP contribution in [0.5, 0.6) is 0 Å². The number of primary amides is 1. The highest BCUT2D eigenvalue weighted by Crippen LogP contribution is 2.29. The minimum absolute atomic E-state index is 0.0167. The van der Waals surface area contributed by atoms with Gasteiger partial charge in [-0.15, -0.1) is 0 Å². The van der Waals surface area contributed by atoms with E-state index in [-0.39, 0.29) is 29.9 Å². The normalized spacial score (nSPS) is 23.4. The lowest BCUT2D eigenvalue weighted by Gasteiger charge is -2.34. The van der Waals surface area contributed by atoms with Crippen molar-refractivity contribution in [3.8, 4) is 0 Å². The summed E-state index contributed by atoms with van der Waals surface area (Å²) in [5, 5.41) is 0.993. The van der Waals surface area contributed by atoms with Crippen LogP contribution in [0.1, 0.15) is 26.2 Å². The zero-order chi connectivity index (χ0) is 19.8. The second-order valence-electron chi connectivity index (χ2n) is 7.81. The minimum atomic E-state index is -0.348. The second-order valence-corrected chi connectivity index (χ2v) is 7.81. The van der Waals surface area contributed by atoms with Crippen LogP contribution in [-0.4, -0.2) is 75.5 Å². The van der Waals surface area contributed by atoms with Crippen LogP contribution in [0.15, 0.2) is 18.6 Å². The van der Waals surface area contributed by atoms with E-state index in [0.29, 0.717) is 6.54 Å². The highest BCUT2D eigenvalue weighted by atomic mass is 16.2. The first-order valence-corrected chi connectivity index (χ1v) is 9.83. The van der Waals surface area contributed by atoms with Gasteiger partial charge in [-0.25, -0.2) is 14.8 Å². The molecular formula is C19H27N7O2. The molecule has 0 saturated carbocycles. The fourth-order valence-corrected chi connectivity index (χ4v) is 4.46. The summed E-state index contributed by atoms with van der Waals surface area (Å²) in [6.45, 7) is 4.05. The van der Waals surface area contributed by atoms with Crippen molar-refractivity contribution in [1.29, 1.82) is 0 Å². The molecule has 3 N–H and O–H groups in total. The number of carbonyl (C=O) groups excluding carboxylic acids is 2. The van der Waals surface area contributed by atoms with E-state index in [0.717, 1.165) is 49.2 Å². The molecule has 9 heteroatoms. The van der Waals surface area contributed by atoms with Crippen LogP contribution in [0.3, 0.4) is 0 Å². The van der Waals surface area contributed by atoms with Gasteiger partial charge in [-0.1, -0.05) is 6.92 Å². The number of hydrogen-bond acceptors (Lipinski definition) is 5. The van der Waals surface area contributed by atoms with Gasteiger partial charge in [0.2, 0.25) is 5.91 Å². The molecule has 3 atom stereocenters. The Morgan fingerprint density at radius 1 is 1.32 bits per heavy atom. The second kappa shape index (κ2) is 7.29. The smallest absolute Gasteiger partial charge is 0.320 e. The summed E-state index contributed by atoms with van der Waals surface area (Å²) < 4.78 is 0. The third-order valence-corrected chi connectivity index (χ3v) is 6.22. The van der Waals surface area contributed by atoms with Gasteiger partial charge in [-0.05, 0) is 25.3 Å². The van der Waals surface area contributed by atoms with E-state index in [1.165, 1.54) is 0 Å². The van der Waals surface area contributed by atoms with Crippen molar-refractivity contribution in [1.82, 2.24) is 24.8 Å². The zero-order valence-electron chi connectivity index (χ0n) is 16.3. The number of aromatic nitrogens is 3. The van der Waals surface area contributed by atoms with E-state index < -0.39 is 0 Å². The minimum Gasteiger partial charge on any atom is -0.369 e. The lowest BCUT2D eigenvalue weighted by Crippen LogP contribution is -2.51. The number of nitrogens with two attached hydrogens (primary N) is 1. The van der Waals surface area contributed by atoms with Crippen molar-refractivity contribution >= 4 is 28.8 Å². The fraction of sp³-hybridized carbons (Fsp3) is 0.579. The van der Waals surface area contributed by atoms with Crippen molar-refractivity contribution in [2.24, 2.45) is 11.7 Å². The summed E-state index contributed by atoms with van der Waals surface area (Å²) in [5.41, 5.74) is 6.30. The van der Waals surface area contributed by atoms with Crippen LogP contribution >= 0.6 is 0 Å². The topological polar surface area (TPSA) is 111 Å². The molecule has 0 aliphatic carbocycles. The number of urea groups is 1. The number of nitrogens with one attached hydrogen (secondary N) is 1. The number of carbonyl (C=O) groups is 2. The highest BCUT2D eigenvalue weighted by Gasteiger charge is 2.39. The molecule has 2 aliphatic heterocycles. The number of likely N-dealkylation sites (N-methyl/N-ethyl adjacent to an activating group) is 1. The molecule has 0 spiro atoms. The number of amides is 3. The quantitative estimate of drug-likeness (QED) is 0.821. The summed E-state index contributed by atoms with van der Waals surface area (Å²) in [5.74, 6) is 0.220. The number of aromatic amines is 1. The SMILES string of the molecule is CC(C(N)=O)C1CCCN1C(=O)N(C)C1CCN(c2ncnc3[nH]ccc23)C1. The monoisotopic (exact) mass is 385 g/mol. The van der Waals surface area contributed by atoms with Gasteiger partial charge in [0.15, 0.2) is 0 Å². The Morgan fingerprint density at radius 2 is 2.14 bits per heavy atom. The maximum atomic E-state index is 13.1. The predicted molar refractivity (Wildman–Crippen MR) is 106 cm³/mol. The average molecular weight is 385 g/mol. The molecule has 4 heterocycles. The predicted octanol–water partition coefficient (Wildman–Crippen LogP) is 1.17. The van der Waals surface area contributed by atoms with Crippen LogP contribution in [0, 0.1) is 5.92 Å². The molecule has 3 amide bonds. The summed E-state index contributed by atoms with van der Waals surface area (Å²) in [6, 6.07) is 1.96. The number of likely N-dealkylation sites (tertiary alicyclic amines) is 1. The van der Waals surface area contributed by atoms with Gasteiger partial charge in [0.1, 0.15) is 17.8 Å². The third-order valence-electron chi connectivity index (χ3n) is 6.22. The molecule has 150 valence electrons.